The third-order valence-electron chi connectivity index (χ3n) is 2.42. The van der Waals surface area contributed by atoms with Gasteiger partial charge >= 0.3 is 0 Å². The molecule has 88 valence electrons. The molecule has 0 saturated carbocycles. The summed E-state index contributed by atoms with van der Waals surface area (Å²) in [6.07, 6.45) is 6.87. The average molecular weight is 238 g/mol. The summed E-state index contributed by atoms with van der Waals surface area (Å²) in [5.41, 5.74) is 7.53. The summed E-state index contributed by atoms with van der Waals surface area (Å²) >= 11 is 0. The van der Waals surface area contributed by atoms with E-state index in [1.54, 1.807) is 24.8 Å². The van der Waals surface area contributed by atoms with Crippen LogP contribution in [0.3, 0.4) is 0 Å². The Hall–Kier alpha value is -2.76. The van der Waals surface area contributed by atoms with Crippen LogP contribution >= 0.6 is 0 Å². The number of hydrogen-bond donors (Lipinski definition) is 2. The van der Waals surface area contributed by atoms with E-state index in [1.165, 1.54) is 0 Å². The van der Waals surface area contributed by atoms with Crippen molar-refractivity contribution in [3.63, 3.8) is 0 Å². The molecule has 2 N–H and O–H groups in total. The standard InChI is InChI=1S/C12H10N6/c1-3-9(7-13-5-1)11-15-17-12(18-16-11)10-4-2-6-14-8-10/h1-8H,(H,15,16)(H,17,18). The molecule has 0 atom stereocenters. The lowest BCUT2D eigenvalue weighted by Crippen LogP contribution is -2.34. The molecule has 18 heavy (non-hydrogen) atoms. The second kappa shape index (κ2) is 4.62. The van der Waals surface area contributed by atoms with Gasteiger partial charge in [-0.3, -0.25) is 20.8 Å². The summed E-state index contributed by atoms with van der Waals surface area (Å²) in [5, 5.41) is 8.43. The number of nitrogens with one attached hydrogen (secondary N) is 2. The van der Waals surface area contributed by atoms with Gasteiger partial charge < -0.3 is 0 Å². The van der Waals surface area contributed by atoms with Crippen LogP contribution in [0, 0.1) is 0 Å². The van der Waals surface area contributed by atoms with Crippen molar-refractivity contribution in [1.82, 2.24) is 20.8 Å². The average Bonchev–Trinajstić information content (AvgIpc) is 2.49. The van der Waals surface area contributed by atoms with Gasteiger partial charge in [0.25, 0.3) is 0 Å². The molecule has 0 aromatic carbocycles. The lowest BCUT2D eigenvalue weighted by atomic mass is 10.2. The lowest BCUT2D eigenvalue weighted by molar-refractivity contribution is 0.881. The van der Waals surface area contributed by atoms with Gasteiger partial charge in [0.05, 0.1) is 0 Å². The van der Waals surface area contributed by atoms with Crippen LogP contribution in [0.4, 0.5) is 0 Å². The highest BCUT2D eigenvalue weighted by Crippen LogP contribution is 2.02. The zero-order valence-corrected chi connectivity index (χ0v) is 9.41. The highest BCUT2D eigenvalue weighted by atomic mass is 15.5. The Bertz CT molecular complexity index is 535. The van der Waals surface area contributed by atoms with Crippen LogP contribution in [-0.4, -0.2) is 21.6 Å². The Balaban J connectivity index is 1.79. The van der Waals surface area contributed by atoms with Gasteiger partial charge in [-0.2, -0.15) is 10.2 Å². The minimum atomic E-state index is 0.635. The number of hydrazone groups is 2. The first-order chi connectivity index (χ1) is 8.93. The van der Waals surface area contributed by atoms with Crippen molar-refractivity contribution in [2.24, 2.45) is 10.2 Å². The maximum absolute atomic E-state index is 4.21. The van der Waals surface area contributed by atoms with Crippen LogP contribution in [0.25, 0.3) is 0 Å². The van der Waals surface area contributed by atoms with Crippen molar-refractivity contribution in [2.75, 3.05) is 0 Å². The van der Waals surface area contributed by atoms with E-state index in [-0.39, 0.29) is 0 Å². The van der Waals surface area contributed by atoms with Gasteiger partial charge in [-0.25, -0.2) is 0 Å². The molecule has 3 rings (SSSR count). The number of amidine groups is 2. The minimum Gasteiger partial charge on any atom is -0.264 e. The summed E-state index contributed by atoms with van der Waals surface area (Å²) in [7, 11) is 0. The SMILES string of the molecule is c1cncc(C2=NNC(c3cccnc3)=NN2)c1. The van der Waals surface area contributed by atoms with Crippen molar-refractivity contribution in [1.29, 1.82) is 0 Å². The van der Waals surface area contributed by atoms with Crippen molar-refractivity contribution in [3.8, 4) is 0 Å². The normalized spacial score (nSPS) is 14.0. The summed E-state index contributed by atoms with van der Waals surface area (Å²) in [6, 6.07) is 7.51. The molecule has 2 aromatic heterocycles. The fourth-order valence-electron chi connectivity index (χ4n) is 1.53. The monoisotopic (exact) mass is 238 g/mol. The largest absolute Gasteiger partial charge is 0.264 e. The quantitative estimate of drug-likeness (QED) is 0.807. The third kappa shape index (κ3) is 2.03. The minimum absolute atomic E-state index is 0.635. The predicted molar refractivity (Wildman–Crippen MR) is 67.8 cm³/mol. The second-order valence-electron chi connectivity index (χ2n) is 3.63. The van der Waals surface area contributed by atoms with Crippen LogP contribution in [0.1, 0.15) is 11.1 Å². The maximum Gasteiger partial charge on any atom is 0.175 e. The van der Waals surface area contributed by atoms with Gasteiger partial charge in [-0.05, 0) is 24.3 Å². The third-order valence-corrected chi connectivity index (χ3v) is 2.42. The Labute approximate surface area is 103 Å². The molecule has 6 nitrogen and oxygen atoms in total. The van der Waals surface area contributed by atoms with E-state index in [0.717, 1.165) is 11.1 Å². The van der Waals surface area contributed by atoms with Gasteiger partial charge in [0.15, 0.2) is 11.7 Å². The van der Waals surface area contributed by atoms with Crippen LogP contribution in [-0.2, 0) is 0 Å². The fraction of sp³-hybridized carbons (Fsp3) is 0. The van der Waals surface area contributed by atoms with Crippen LogP contribution < -0.4 is 10.9 Å². The molecule has 1 aliphatic rings. The van der Waals surface area contributed by atoms with Crippen molar-refractivity contribution in [2.45, 2.75) is 0 Å². The molecule has 0 bridgehead atoms. The Morgan fingerprint density at radius 3 is 1.56 bits per heavy atom. The summed E-state index contributed by atoms with van der Waals surface area (Å²) in [5.74, 6) is 1.27. The number of aromatic nitrogens is 2. The summed E-state index contributed by atoms with van der Waals surface area (Å²) in [6.45, 7) is 0. The zero-order valence-electron chi connectivity index (χ0n) is 9.41. The van der Waals surface area contributed by atoms with Crippen molar-refractivity contribution >= 4 is 11.7 Å². The number of pyridine rings is 2. The smallest absolute Gasteiger partial charge is 0.175 e. The first-order valence-corrected chi connectivity index (χ1v) is 5.42. The molecular weight excluding hydrogens is 228 g/mol. The molecule has 6 heteroatoms. The van der Waals surface area contributed by atoms with Gasteiger partial charge in [-0.15, -0.1) is 0 Å². The van der Waals surface area contributed by atoms with Gasteiger partial charge in [-0.1, -0.05) is 0 Å². The van der Waals surface area contributed by atoms with E-state index >= 15 is 0 Å². The molecule has 3 heterocycles. The molecule has 1 aliphatic heterocycles. The second-order valence-corrected chi connectivity index (χ2v) is 3.63. The number of hydrogen-bond acceptors (Lipinski definition) is 6. The molecule has 0 saturated heterocycles. The first-order valence-electron chi connectivity index (χ1n) is 5.42. The van der Waals surface area contributed by atoms with Gasteiger partial charge in [0.1, 0.15) is 0 Å². The molecule has 0 aliphatic carbocycles. The van der Waals surface area contributed by atoms with Gasteiger partial charge in [0.2, 0.25) is 0 Å². The van der Waals surface area contributed by atoms with E-state index in [9.17, 15) is 0 Å². The Morgan fingerprint density at radius 1 is 0.722 bits per heavy atom. The van der Waals surface area contributed by atoms with E-state index in [2.05, 4.69) is 31.0 Å². The molecule has 0 radical (unpaired) electrons. The van der Waals surface area contributed by atoms with E-state index < -0.39 is 0 Å². The maximum atomic E-state index is 4.21. The van der Waals surface area contributed by atoms with E-state index in [0.29, 0.717) is 11.7 Å². The molecular formula is C12H10N6. The zero-order chi connectivity index (χ0) is 12.2. The van der Waals surface area contributed by atoms with Crippen molar-refractivity contribution < 1.29 is 0 Å². The Kier molecular flexibility index (Phi) is 2.67. The van der Waals surface area contributed by atoms with E-state index in [1.807, 2.05) is 24.3 Å². The summed E-state index contributed by atoms with van der Waals surface area (Å²) < 4.78 is 0. The summed E-state index contributed by atoms with van der Waals surface area (Å²) in [4.78, 5) is 8.06. The number of nitrogens with zero attached hydrogens (tertiary/aromatic N) is 4. The topological polar surface area (TPSA) is 74.6 Å². The van der Waals surface area contributed by atoms with Crippen LogP contribution in [0.5, 0.6) is 0 Å². The Morgan fingerprint density at radius 2 is 1.22 bits per heavy atom. The van der Waals surface area contributed by atoms with Crippen LogP contribution in [0.15, 0.2) is 59.3 Å². The number of rotatable bonds is 2. The fourth-order valence-corrected chi connectivity index (χ4v) is 1.53. The molecule has 2 aromatic rings. The highest BCUT2D eigenvalue weighted by Gasteiger charge is 2.11. The predicted octanol–water partition coefficient (Wildman–Crippen LogP) is 0.693. The molecule has 0 unspecified atom stereocenters. The highest BCUT2D eigenvalue weighted by molar-refractivity contribution is 6.05. The molecule has 0 amide bonds. The lowest BCUT2D eigenvalue weighted by Gasteiger charge is -2.14. The van der Waals surface area contributed by atoms with E-state index in [4.69, 9.17) is 0 Å². The first kappa shape index (κ1) is 10.4. The molecule has 0 spiro atoms. The van der Waals surface area contributed by atoms with Crippen LogP contribution in [0.2, 0.25) is 0 Å². The molecule has 0 fully saturated rings. The van der Waals surface area contributed by atoms with Gasteiger partial charge in [0, 0.05) is 35.9 Å². The van der Waals surface area contributed by atoms with Crippen molar-refractivity contribution in [3.05, 3.63) is 60.2 Å².